The van der Waals surface area contributed by atoms with Crippen molar-refractivity contribution in [3.63, 3.8) is 0 Å². The van der Waals surface area contributed by atoms with E-state index in [4.69, 9.17) is 10.5 Å². The Kier molecular flexibility index (Phi) is 10.9. The van der Waals surface area contributed by atoms with Gasteiger partial charge in [0.05, 0.1) is 22.7 Å². The summed E-state index contributed by atoms with van der Waals surface area (Å²) in [6.07, 6.45) is 7.08. The van der Waals surface area contributed by atoms with E-state index in [1.807, 2.05) is 35.4 Å². The van der Waals surface area contributed by atoms with Crippen LogP contribution < -0.4 is 15.2 Å². The molecule has 1 unspecified atom stereocenters. The first-order valence-electron chi connectivity index (χ1n) is 12.6. The number of piperidine rings is 1. The minimum atomic E-state index is -0.476. The third kappa shape index (κ3) is 7.79. The van der Waals surface area contributed by atoms with Gasteiger partial charge >= 0.3 is 0 Å². The second-order valence-corrected chi connectivity index (χ2v) is 9.69. The molecule has 1 aliphatic heterocycles. The number of carbonyl (C=O) groups excluding carboxylic acids is 1. The van der Waals surface area contributed by atoms with Gasteiger partial charge in [0.1, 0.15) is 23.7 Å². The summed E-state index contributed by atoms with van der Waals surface area (Å²) in [4.78, 5) is 25.4. The van der Waals surface area contributed by atoms with Gasteiger partial charge in [-0.25, -0.2) is 14.4 Å². The Balaban J connectivity index is 0.000000320. The minimum Gasteiger partial charge on any atom is -0.455 e. The van der Waals surface area contributed by atoms with E-state index in [-0.39, 0.29) is 11.7 Å². The Bertz CT molecular complexity index is 1310. The zero-order chi connectivity index (χ0) is 28.4. The molecule has 4 rings (SSSR count). The number of amides is 1. The number of anilines is 2. The number of nitrogens with two attached hydrogens (primary N) is 1. The minimum absolute atomic E-state index is 0.0801. The van der Waals surface area contributed by atoms with Crippen molar-refractivity contribution in [2.45, 2.75) is 26.7 Å². The highest BCUT2D eigenvalue weighted by Crippen LogP contribution is 2.32. The highest BCUT2D eigenvalue weighted by molar-refractivity contribution is 7.99. The van der Waals surface area contributed by atoms with E-state index in [0.717, 1.165) is 25.2 Å². The summed E-state index contributed by atoms with van der Waals surface area (Å²) >= 11 is 1.45. The fourth-order valence-corrected chi connectivity index (χ4v) is 4.69. The van der Waals surface area contributed by atoms with Crippen LogP contribution in [0.15, 0.2) is 66.4 Å². The Morgan fingerprint density at radius 1 is 1.31 bits per heavy atom. The third-order valence-corrected chi connectivity index (χ3v) is 6.62. The lowest BCUT2D eigenvalue weighted by Crippen LogP contribution is -2.37. The number of aryl methyl sites for hydroxylation is 1. The number of nitrogens with zero attached hydrogens (tertiary/aromatic N) is 4. The molecule has 10 heteroatoms. The standard InChI is InChI=1S/C20H20FN5OS.C9H15NO/c1-12-18(20(22)25-11-24-12)19(23-2)14-9-8-13(10-15(14)21)27-17-7-5-4-6-16(17)26-28-3;1-3-9(11)10-6-4-5-8(2)7-10/h4-11,26H,1-3H3,(H2,22,24,25);3,8H,1,4-7H2,2H3. The highest BCUT2D eigenvalue weighted by atomic mass is 32.2. The van der Waals surface area contributed by atoms with Gasteiger partial charge in [-0.15, -0.1) is 0 Å². The number of aromatic nitrogens is 2. The smallest absolute Gasteiger partial charge is 0.245 e. The lowest BCUT2D eigenvalue weighted by molar-refractivity contribution is -0.127. The number of ether oxygens (including phenoxy) is 1. The van der Waals surface area contributed by atoms with E-state index in [0.29, 0.717) is 39.9 Å². The molecule has 2 heterocycles. The number of hydrogen-bond acceptors (Lipinski definition) is 8. The SMILES string of the molecule is C=CC(=O)N1CCCC(C)C1.CN=C(c1ccc(Oc2ccccc2NSC)cc1F)c1c(C)ncnc1N. The van der Waals surface area contributed by atoms with Crippen LogP contribution in [0.3, 0.4) is 0 Å². The van der Waals surface area contributed by atoms with Gasteiger partial charge in [0.2, 0.25) is 5.91 Å². The first-order valence-corrected chi connectivity index (χ1v) is 13.8. The first-order chi connectivity index (χ1) is 18.8. The fraction of sp³-hybridized carbons (Fsp3) is 0.310. The molecule has 1 aliphatic rings. The van der Waals surface area contributed by atoms with E-state index < -0.39 is 5.82 Å². The molecular formula is C29H35FN6O2S. The molecule has 3 aromatic rings. The van der Waals surface area contributed by atoms with Gasteiger partial charge in [-0.2, -0.15) is 0 Å². The predicted octanol–water partition coefficient (Wildman–Crippen LogP) is 5.89. The third-order valence-electron chi connectivity index (χ3n) is 6.19. The molecule has 1 atom stereocenters. The van der Waals surface area contributed by atoms with Crippen molar-refractivity contribution in [1.82, 2.24) is 14.9 Å². The monoisotopic (exact) mass is 550 g/mol. The average Bonchev–Trinajstić information content (AvgIpc) is 2.92. The van der Waals surface area contributed by atoms with Gasteiger partial charge in [-0.05, 0) is 56.0 Å². The van der Waals surface area contributed by atoms with E-state index >= 15 is 0 Å². The zero-order valence-electron chi connectivity index (χ0n) is 22.8. The fourth-order valence-electron chi connectivity index (χ4n) is 4.30. The number of nitrogen functional groups attached to an aromatic ring is 1. The van der Waals surface area contributed by atoms with Crippen molar-refractivity contribution in [2.75, 3.05) is 36.8 Å². The summed E-state index contributed by atoms with van der Waals surface area (Å²) in [6.45, 7) is 9.25. The number of hydrogen-bond donors (Lipinski definition) is 2. The van der Waals surface area contributed by atoms with Crippen molar-refractivity contribution in [3.05, 3.63) is 84.1 Å². The molecule has 0 saturated carbocycles. The number of carbonyl (C=O) groups is 1. The van der Waals surface area contributed by atoms with Crippen LogP contribution in [0.25, 0.3) is 0 Å². The quantitative estimate of drug-likeness (QED) is 0.215. The number of nitrogens with one attached hydrogen (secondary N) is 1. The van der Waals surface area contributed by atoms with E-state index in [1.165, 1.54) is 36.8 Å². The molecule has 2 aromatic carbocycles. The van der Waals surface area contributed by atoms with E-state index in [1.54, 1.807) is 26.1 Å². The number of halogens is 1. The van der Waals surface area contributed by atoms with Crippen LogP contribution in [0.1, 0.15) is 36.6 Å². The normalized spacial score (nSPS) is 15.2. The molecule has 3 N–H and O–H groups in total. The van der Waals surface area contributed by atoms with Crippen LogP contribution in [0.2, 0.25) is 0 Å². The van der Waals surface area contributed by atoms with Crippen LogP contribution in [0, 0.1) is 18.7 Å². The molecule has 206 valence electrons. The average molecular weight is 551 g/mol. The van der Waals surface area contributed by atoms with Crippen molar-refractivity contribution in [2.24, 2.45) is 10.9 Å². The molecular weight excluding hydrogens is 515 g/mol. The maximum atomic E-state index is 14.9. The lowest BCUT2D eigenvalue weighted by atomic mass is 10.0. The number of benzene rings is 2. The Morgan fingerprint density at radius 3 is 2.72 bits per heavy atom. The Morgan fingerprint density at radius 2 is 2.08 bits per heavy atom. The van der Waals surface area contributed by atoms with Crippen LogP contribution in [-0.2, 0) is 4.79 Å². The molecule has 0 spiro atoms. The number of rotatable bonds is 7. The maximum Gasteiger partial charge on any atom is 0.245 e. The van der Waals surface area contributed by atoms with Gasteiger partial charge in [0, 0.05) is 38.0 Å². The molecule has 0 bridgehead atoms. The van der Waals surface area contributed by atoms with Gasteiger partial charge in [0.25, 0.3) is 0 Å². The predicted molar refractivity (Wildman–Crippen MR) is 158 cm³/mol. The topological polar surface area (TPSA) is 106 Å². The lowest BCUT2D eigenvalue weighted by Gasteiger charge is -2.29. The number of aliphatic imine (C=N–C) groups is 1. The van der Waals surface area contributed by atoms with Crippen LogP contribution in [-0.4, -0.2) is 52.9 Å². The number of para-hydroxylation sites is 2. The maximum absolute atomic E-state index is 14.9. The molecule has 39 heavy (non-hydrogen) atoms. The van der Waals surface area contributed by atoms with Crippen LogP contribution in [0.5, 0.6) is 11.5 Å². The molecule has 1 fully saturated rings. The molecule has 0 radical (unpaired) electrons. The molecule has 1 aromatic heterocycles. The van der Waals surface area contributed by atoms with Gasteiger partial charge in [-0.3, -0.25) is 9.79 Å². The summed E-state index contributed by atoms with van der Waals surface area (Å²) in [5.74, 6) is 1.50. The molecule has 8 nitrogen and oxygen atoms in total. The first kappa shape index (κ1) is 29.6. The van der Waals surface area contributed by atoms with Crippen molar-refractivity contribution in [1.29, 1.82) is 0 Å². The van der Waals surface area contributed by atoms with Crippen molar-refractivity contribution in [3.8, 4) is 11.5 Å². The van der Waals surface area contributed by atoms with E-state index in [2.05, 4.69) is 33.2 Å². The van der Waals surface area contributed by atoms with Crippen molar-refractivity contribution >= 4 is 35.1 Å². The molecule has 1 saturated heterocycles. The highest BCUT2D eigenvalue weighted by Gasteiger charge is 2.19. The van der Waals surface area contributed by atoms with Gasteiger partial charge < -0.3 is 20.1 Å². The second-order valence-electron chi connectivity index (χ2n) is 9.07. The zero-order valence-corrected chi connectivity index (χ0v) is 23.6. The van der Waals surface area contributed by atoms with Crippen molar-refractivity contribution < 1.29 is 13.9 Å². The summed E-state index contributed by atoms with van der Waals surface area (Å²) in [7, 11) is 1.58. The second kappa shape index (κ2) is 14.3. The molecule has 0 aliphatic carbocycles. The number of likely N-dealkylation sites (tertiary alicyclic amines) is 1. The van der Waals surface area contributed by atoms with Gasteiger partial charge in [0.15, 0.2) is 5.75 Å². The van der Waals surface area contributed by atoms with Crippen LogP contribution in [0.4, 0.5) is 15.9 Å². The van der Waals surface area contributed by atoms with Gasteiger partial charge in [-0.1, -0.05) is 37.6 Å². The van der Waals surface area contributed by atoms with E-state index in [9.17, 15) is 9.18 Å². The van der Waals surface area contributed by atoms with Crippen LogP contribution >= 0.6 is 11.9 Å². The Labute approximate surface area is 233 Å². The summed E-state index contributed by atoms with van der Waals surface area (Å²) in [5.41, 5.74) is 8.62. The summed E-state index contributed by atoms with van der Waals surface area (Å²) in [5, 5.41) is 0. The largest absolute Gasteiger partial charge is 0.455 e. The summed E-state index contributed by atoms with van der Waals surface area (Å²) in [6, 6.07) is 12.1. The summed E-state index contributed by atoms with van der Waals surface area (Å²) < 4.78 is 23.9. The molecule has 1 amide bonds. The Hall–Kier alpha value is -3.92.